The van der Waals surface area contributed by atoms with Crippen molar-refractivity contribution in [1.82, 2.24) is 5.32 Å². The number of carbonyl (C=O) groups is 3. The number of allylic oxidation sites excluding steroid dienone is 2. The normalized spacial score (nSPS) is 33.6. The van der Waals surface area contributed by atoms with Gasteiger partial charge in [-0.05, 0) is 60.4 Å². The number of carbonyl (C=O) groups excluding carboxylic acids is 3. The zero-order valence-electron chi connectivity index (χ0n) is 15.7. The lowest BCUT2D eigenvalue weighted by atomic mass is 9.63. The molecule has 2 bridgehead atoms. The highest BCUT2D eigenvalue weighted by atomic mass is 16.3. The summed E-state index contributed by atoms with van der Waals surface area (Å²) >= 11 is 0. The predicted octanol–water partition coefficient (Wildman–Crippen LogP) is 2.77. The SMILES string of the molecule is O=C(NCc1ccco1)c1cccc(N2C(=O)[C@H]3[C@@H]4C=C[C@H]([C@H]5C[C@H]45)[C@@H]3C2=O)c1. The molecule has 5 aliphatic rings. The second-order valence-electron chi connectivity index (χ2n) is 8.48. The molecule has 1 aromatic heterocycles. The summed E-state index contributed by atoms with van der Waals surface area (Å²) in [5.41, 5.74) is 0.890. The van der Waals surface area contributed by atoms with Crippen LogP contribution < -0.4 is 10.2 Å². The molecule has 1 aromatic carbocycles. The van der Waals surface area contributed by atoms with E-state index >= 15 is 0 Å². The van der Waals surface area contributed by atoms with Crippen LogP contribution in [0.25, 0.3) is 0 Å². The van der Waals surface area contributed by atoms with Crippen molar-refractivity contribution < 1.29 is 18.8 Å². The van der Waals surface area contributed by atoms with Crippen molar-refractivity contribution in [3.05, 3.63) is 66.1 Å². The Morgan fingerprint density at radius 2 is 1.76 bits per heavy atom. The largest absolute Gasteiger partial charge is 0.467 e. The summed E-state index contributed by atoms with van der Waals surface area (Å²) in [6, 6.07) is 10.3. The number of anilines is 1. The fourth-order valence-electron chi connectivity index (χ4n) is 5.68. The van der Waals surface area contributed by atoms with E-state index in [-0.39, 0.29) is 47.9 Å². The summed E-state index contributed by atoms with van der Waals surface area (Å²) in [7, 11) is 0. The summed E-state index contributed by atoms with van der Waals surface area (Å²) in [6.45, 7) is 0.277. The molecule has 146 valence electrons. The molecule has 0 radical (unpaired) electrons. The number of rotatable bonds is 4. The number of nitrogens with one attached hydrogen (secondary N) is 1. The molecule has 1 saturated heterocycles. The Hall–Kier alpha value is -3.15. The van der Waals surface area contributed by atoms with Gasteiger partial charge in [0.2, 0.25) is 11.8 Å². The molecule has 7 rings (SSSR count). The standard InChI is InChI=1S/C23H20N2O4/c26-21(24-11-14-5-2-8-29-14)12-3-1-4-13(9-12)25-22(27)19-15-6-7-16(18-10-17(15)18)20(19)23(25)28/h1-9,15-20H,10-11H2,(H,24,26)/t15-,16-,17-,18-,19+,20+/m1/s1. The van der Waals surface area contributed by atoms with Crippen LogP contribution in [0.5, 0.6) is 0 Å². The zero-order valence-corrected chi connectivity index (χ0v) is 15.7. The number of hydrogen-bond donors (Lipinski definition) is 1. The molecule has 1 aliphatic heterocycles. The Morgan fingerprint density at radius 3 is 2.41 bits per heavy atom. The van der Waals surface area contributed by atoms with E-state index in [1.807, 2.05) is 0 Å². The van der Waals surface area contributed by atoms with Gasteiger partial charge in [0, 0.05) is 5.56 Å². The molecule has 2 heterocycles. The zero-order chi connectivity index (χ0) is 19.7. The smallest absolute Gasteiger partial charge is 0.251 e. The highest BCUT2D eigenvalue weighted by Gasteiger charge is 2.67. The minimum absolute atomic E-state index is 0.113. The van der Waals surface area contributed by atoms with Gasteiger partial charge >= 0.3 is 0 Å². The summed E-state index contributed by atoms with van der Waals surface area (Å²) in [6.07, 6.45) is 7.01. The Morgan fingerprint density at radius 1 is 1.03 bits per heavy atom. The van der Waals surface area contributed by atoms with Crippen molar-refractivity contribution in [3.63, 3.8) is 0 Å². The van der Waals surface area contributed by atoms with Gasteiger partial charge in [-0.2, -0.15) is 0 Å². The number of nitrogens with zero attached hydrogens (tertiary/aromatic N) is 1. The first-order valence-electron chi connectivity index (χ1n) is 10.1. The molecule has 0 spiro atoms. The fraction of sp³-hybridized carbons (Fsp3) is 0.348. The molecule has 2 saturated carbocycles. The van der Waals surface area contributed by atoms with Crippen LogP contribution in [-0.4, -0.2) is 17.7 Å². The summed E-state index contributed by atoms with van der Waals surface area (Å²) < 4.78 is 5.23. The second kappa shape index (κ2) is 5.92. The first-order chi connectivity index (χ1) is 14.1. The van der Waals surface area contributed by atoms with E-state index in [1.165, 1.54) is 4.90 Å². The van der Waals surface area contributed by atoms with Gasteiger partial charge < -0.3 is 9.73 Å². The first-order valence-corrected chi connectivity index (χ1v) is 10.1. The molecule has 29 heavy (non-hydrogen) atoms. The van der Waals surface area contributed by atoms with Crippen molar-refractivity contribution in [3.8, 4) is 0 Å². The predicted molar refractivity (Wildman–Crippen MR) is 104 cm³/mol. The monoisotopic (exact) mass is 388 g/mol. The minimum Gasteiger partial charge on any atom is -0.467 e. The number of hydrogen-bond acceptors (Lipinski definition) is 4. The fourth-order valence-corrected chi connectivity index (χ4v) is 5.68. The highest BCUT2D eigenvalue weighted by Crippen LogP contribution is 2.65. The van der Waals surface area contributed by atoms with Crippen LogP contribution in [0.2, 0.25) is 0 Å². The average Bonchev–Trinajstić information content (AvgIpc) is 3.33. The quantitative estimate of drug-likeness (QED) is 0.645. The summed E-state index contributed by atoms with van der Waals surface area (Å²) in [4.78, 5) is 40.3. The van der Waals surface area contributed by atoms with Crippen LogP contribution in [0.3, 0.4) is 0 Å². The number of benzene rings is 1. The van der Waals surface area contributed by atoms with Crippen LogP contribution in [-0.2, 0) is 16.1 Å². The van der Waals surface area contributed by atoms with Gasteiger partial charge in [0.25, 0.3) is 5.91 Å². The van der Waals surface area contributed by atoms with Crippen molar-refractivity contribution in [2.24, 2.45) is 35.5 Å². The van der Waals surface area contributed by atoms with E-state index in [9.17, 15) is 14.4 Å². The maximum Gasteiger partial charge on any atom is 0.251 e. The molecule has 3 amide bonds. The van der Waals surface area contributed by atoms with Gasteiger partial charge in [0.05, 0.1) is 30.3 Å². The van der Waals surface area contributed by atoms with Gasteiger partial charge in [-0.1, -0.05) is 18.2 Å². The molecular weight excluding hydrogens is 368 g/mol. The average molecular weight is 388 g/mol. The topological polar surface area (TPSA) is 79.6 Å². The maximum absolute atomic E-state index is 13.2. The third kappa shape index (κ3) is 2.38. The van der Waals surface area contributed by atoms with Crippen LogP contribution in [0.4, 0.5) is 5.69 Å². The number of amides is 3. The number of furan rings is 1. The molecule has 0 unspecified atom stereocenters. The lowest BCUT2D eigenvalue weighted by molar-refractivity contribution is -0.124. The van der Waals surface area contributed by atoms with Crippen molar-refractivity contribution in [2.75, 3.05) is 4.90 Å². The third-order valence-corrected chi connectivity index (χ3v) is 7.03. The molecule has 4 aliphatic carbocycles. The Bertz CT molecular complexity index is 1020. The van der Waals surface area contributed by atoms with Crippen molar-refractivity contribution >= 4 is 23.4 Å². The van der Waals surface area contributed by atoms with Crippen LogP contribution in [0.1, 0.15) is 22.5 Å². The van der Waals surface area contributed by atoms with Gasteiger partial charge in [0.1, 0.15) is 5.76 Å². The first kappa shape index (κ1) is 16.8. The van der Waals surface area contributed by atoms with Gasteiger partial charge in [-0.15, -0.1) is 0 Å². The molecular formula is C23H20N2O4. The van der Waals surface area contributed by atoms with Gasteiger partial charge in [-0.3, -0.25) is 14.4 Å². The molecule has 6 atom stereocenters. The van der Waals surface area contributed by atoms with E-state index in [4.69, 9.17) is 4.42 Å². The van der Waals surface area contributed by atoms with E-state index in [2.05, 4.69) is 17.5 Å². The lowest BCUT2D eigenvalue weighted by Crippen LogP contribution is -2.40. The van der Waals surface area contributed by atoms with Crippen LogP contribution in [0, 0.1) is 35.5 Å². The Kier molecular flexibility index (Phi) is 3.43. The Labute approximate surface area is 167 Å². The van der Waals surface area contributed by atoms with E-state index < -0.39 is 0 Å². The minimum atomic E-state index is -0.275. The molecule has 3 fully saturated rings. The molecule has 6 nitrogen and oxygen atoms in total. The lowest BCUT2D eigenvalue weighted by Gasteiger charge is -2.37. The third-order valence-electron chi connectivity index (χ3n) is 7.03. The van der Waals surface area contributed by atoms with Gasteiger partial charge in [-0.25, -0.2) is 4.90 Å². The van der Waals surface area contributed by atoms with Crippen LogP contribution >= 0.6 is 0 Å². The number of imide groups is 1. The maximum atomic E-state index is 13.2. The van der Waals surface area contributed by atoms with Crippen molar-refractivity contribution in [2.45, 2.75) is 13.0 Å². The summed E-state index contributed by atoms with van der Waals surface area (Å²) in [5.74, 6) is 1.20. The second-order valence-corrected chi connectivity index (χ2v) is 8.48. The van der Waals surface area contributed by atoms with Crippen LogP contribution in [0.15, 0.2) is 59.2 Å². The molecule has 1 N–H and O–H groups in total. The molecule has 2 aromatic rings. The van der Waals surface area contributed by atoms with E-state index in [0.29, 0.717) is 28.8 Å². The highest BCUT2D eigenvalue weighted by molar-refractivity contribution is 6.23. The Balaban J connectivity index is 1.26. The summed E-state index contributed by atoms with van der Waals surface area (Å²) in [5, 5.41) is 2.80. The van der Waals surface area contributed by atoms with E-state index in [0.717, 1.165) is 6.42 Å². The van der Waals surface area contributed by atoms with E-state index in [1.54, 1.807) is 42.7 Å². The molecule has 6 heteroatoms. The van der Waals surface area contributed by atoms with Crippen molar-refractivity contribution in [1.29, 1.82) is 0 Å². The van der Waals surface area contributed by atoms with Gasteiger partial charge in [0.15, 0.2) is 0 Å².